The Morgan fingerprint density at radius 2 is 2.25 bits per heavy atom. The first-order valence-electron chi connectivity index (χ1n) is 5.84. The molecule has 0 aliphatic heterocycles. The van der Waals surface area contributed by atoms with E-state index >= 15 is 0 Å². The summed E-state index contributed by atoms with van der Waals surface area (Å²) in [6, 6.07) is 5.41. The number of carboxylic acids is 1. The maximum Gasteiger partial charge on any atom is 0.328 e. The zero-order valence-electron chi connectivity index (χ0n) is 10.6. The third-order valence-electron chi connectivity index (χ3n) is 2.28. The lowest BCUT2D eigenvalue weighted by molar-refractivity contribution is -0.131. The smallest absolute Gasteiger partial charge is 0.328 e. The summed E-state index contributed by atoms with van der Waals surface area (Å²) in [5.41, 5.74) is 1.51. The number of nitrogens with zero attached hydrogens (tertiary/aromatic N) is 1. The molecule has 0 bridgehead atoms. The van der Waals surface area contributed by atoms with Crippen molar-refractivity contribution in [2.24, 2.45) is 0 Å². The summed E-state index contributed by atoms with van der Waals surface area (Å²) in [4.78, 5) is 26.3. The van der Waals surface area contributed by atoms with Gasteiger partial charge >= 0.3 is 5.97 Å². The fourth-order valence-electron chi connectivity index (χ4n) is 1.50. The zero-order chi connectivity index (χ0) is 14.5. The highest BCUT2D eigenvalue weighted by atomic mass is 32.2. The van der Waals surface area contributed by atoms with Gasteiger partial charge in [0.2, 0.25) is 5.91 Å². The molecule has 1 aromatic carbocycles. The number of nitrogens with one attached hydrogen (secondary N) is 1. The Kier molecular flexibility index (Phi) is 4.75. The predicted molar refractivity (Wildman–Crippen MR) is 81.4 cm³/mol. The Labute approximate surface area is 123 Å². The minimum atomic E-state index is -1.15. The number of carbonyl (C=O) groups excluding carboxylic acids is 1. The summed E-state index contributed by atoms with van der Waals surface area (Å²) in [7, 11) is 0. The van der Waals surface area contributed by atoms with Crippen molar-refractivity contribution in [3.63, 3.8) is 0 Å². The molecule has 1 aromatic heterocycles. The predicted octanol–water partition coefficient (Wildman–Crippen LogP) is 2.99. The van der Waals surface area contributed by atoms with Crippen molar-refractivity contribution in [3.05, 3.63) is 30.4 Å². The molecule has 0 unspecified atom stereocenters. The Bertz CT molecular complexity index is 679. The van der Waals surface area contributed by atoms with E-state index in [4.69, 9.17) is 5.11 Å². The second kappa shape index (κ2) is 6.53. The van der Waals surface area contributed by atoms with Crippen LogP contribution in [-0.2, 0) is 9.59 Å². The van der Waals surface area contributed by atoms with Gasteiger partial charge in [-0.1, -0.05) is 18.7 Å². The van der Waals surface area contributed by atoms with Crippen LogP contribution < -0.4 is 5.32 Å². The van der Waals surface area contributed by atoms with Gasteiger partial charge in [-0.2, -0.15) is 0 Å². The van der Waals surface area contributed by atoms with Crippen LogP contribution in [0.4, 0.5) is 5.69 Å². The van der Waals surface area contributed by atoms with E-state index in [9.17, 15) is 9.59 Å². The summed E-state index contributed by atoms with van der Waals surface area (Å²) >= 11 is 3.25. The number of amides is 1. The molecule has 20 heavy (non-hydrogen) atoms. The van der Waals surface area contributed by atoms with Crippen molar-refractivity contribution in [1.29, 1.82) is 0 Å². The fourth-order valence-corrected chi connectivity index (χ4v) is 3.50. The number of aromatic nitrogens is 1. The number of benzene rings is 1. The Hall–Kier alpha value is -1.86. The first-order chi connectivity index (χ1) is 9.58. The first-order valence-corrected chi connectivity index (χ1v) is 7.64. The number of carboxylic acid groups (broad SMARTS) is 1. The second-order valence-corrected chi connectivity index (χ2v) is 6.30. The largest absolute Gasteiger partial charge is 0.478 e. The van der Waals surface area contributed by atoms with Crippen LogP contribution in [0.25, 0.3) is 10.2 Å². The lowest BCUT2D eigenvalue weighted by atomic mass is 10.3. The summed E-state index contributed by atoms with van der Waals surface area (Å²) in [5.74, 6) is -0.664. The number of aliphatic carboxylic acids is 1. The lowest BCUT2D eigenvalue weighted by Gasteiger charge is -2.00. The SMILES string of the molecule is CCSc1nc2ccc(NC(=O)/C=C/C(=O)O)cc2s1. The minimum absolute atomic E-state index is 0.473. The van der Waals surface area contributed by atoms with Gasteiger partial charge in [-0.25, -0.2) is 9.78 Å². The normalized spacial score (nSPS) is 11.1. The number of thioether (sulfide) groups is 1. The maximum absolute atomic E-state index is 11.5. The van der Waals surface area contributed by atoms with Crippen LogP contribution >= 0.6 is 23.1 Å². The third kappa shape index (κ3) is 3.82. The van der Waals surface area contributed by atoms with Crippen molar-refractivity contribution in [2.45, 2.75) is 11.3 Å². The van der Waals surface area contributed by atoms with Crippen LogP contribution in [0.15, 0.2) is 34.7 Å². The monoisotopic (exact) mass is 308 g/mol. The lowest BCUT2D eigenvalue weighted by Crippen LogP contribution is -2.08. The standard InChI is InChI=1S/C13H12N2O3S2/c1-2-19-13-15-9-4-3-8(7-10(9)20-13)14-11(16)5-6-12(17)18/h3-7H,2H2,1H3,(H,14,16)(H,17,18)/b6-5+. The second-order valence-electron chi connectivity index (χ2n) is 3.76. The summed E-state index contributed by atoms with van der Waals surface area (Å²) < 4.78 is 1.98. The van der Waals surface area contributed by atoms with Gasteiger partial charge in [-0.3, -0.25) is 4.79 Å². The molecule has 7 heteroatoms. The van der Waals surface area contributed by atoms with Gasteiger partial charge in [0.15, 0.2) is 4.34 Å². The van der Waals surface area contributed by atoms with Crippen LogP contribution in [0.5, 0.6) is 0 Å². The van der Waals surface area contributed by atoms with Crippen molar-refractivity contribution in [2.75, 3.05) is 11.1 Å². The quantitative estimate of drug-likeness (QED) is 0.655. The van der Waals surface area contributed by atoms with Gasteiger partial charge in [0.1, 0.15) is 0 Å². The molecule has 0 aliphatic rings. The molecule has 0 saturated carbocycles. The molecule has 2 rings (SSSR count). The van der Waals surface area contributed by atoms with Crippen LogP contribution in [0.2, 0.25) is 0 Å². The molecular weight excluding hydrogens is 296 g/mol. The Morgan fingerprint density at radius 1 is 1.45 bits per heavy atom. The van der Waals surface area contributed by atoms with Crippen LogP contribution in [-0.4, -0.2) is 27.7 Å². The highest BCUT2D eigenvalue weighted by Gasteiger charge is 2.06. The molecule has 0 saturated heterocycles. The van der Waals surface area contributed by atoms with Crippen LogP contribution in [0.3, 0.4) is 0 Å². The van der Waals surface area contributed by atoms with Gasteiger partial charge in [0.25, 0.3) is 0 Å². The third-order valence-corrected chi connectivity index (χ3v) is 4.32. The summed E-state index contributed by atoms with van der Waals surface area (Å²) in [5, 5.41) is 11.1. The molecule has 0 radical (unpaired) electrons. The molecule has 2 aromatic rings. The van der Waals surface area contributed by atoms with Crippen molar-refractivity contribution >= 4 is 50.9 Å². The van der Waals surface area contributed by atoms with Gasteiger partial charge in [-0.05, 0) is 24.0 Å². The summed E-state index contributed by atoms with van der Waals surface area (Å²) in [6.07, 6.45) is 1.79. The number of anilines is 1. The number of fused-ring (bicyclic) bond motifs is 1. The Morgan fingerprint density at radius 3 is 2.95 bits per heavy atom. The molecule has 1 amide bonds. The molecule has 104 valence electrons. The zero-order valence-corrected chi connectivity index (χ0v) is 12.3. The number of rotatable bonds is 5. The van der Waals surface area contributed by atoms with E-state index in [1.165, 1.54) is 0 Å². The number of thiazole rings is 1. The van der Waals surface area contributed by atoms with Crippen molar-refractivity contribution in [1.82, 2.24) is 4.98 Å². The van der Waals surface area contributed by atoms with E-state index in [-0.39, 0.29) is 0 Å². The average Bonchev–Trinajstić information content (AvgIpc) is 2.78. The Balaban J connectivity index is 2.15. The molecular formula is C13H12N2O3S2. The van der Waals surface area contributed by atoms with E-state index in [1.807, 2.05) is 12.1 Å². The highest BCUT2D eigenvalue weighted by Crippen LogP contribution is 2.30. The molecule has 1 heterocycles. The molecule has 0 spiro atoms. The topological polar surface area (TPSA) is 79.3 Å². The van der Waals surface area contributed by atoms with Crippen LogP contribution in [0.1, 0.15) is 6.92 Å². The molecule has 2 N–H and O–H groups in total. The van der Waals surface area contributed by atoms with Gasteiger partial charge in [0.05, 0.1) is 10.2 Å². The van der Waals surface area contributed by atoms with E-state index in [2.05, 4.69) is 17.2 Å². The molecule has 0 aliphatic carbocycles. The minimum Gasteiger partial charge on any atom is -0.478 e. The maximum atomic E-state index is 11.5. The van der Waals surface area contributed by atoms with Gasteiger partial charge < -0.3 is 10.4 Å². The van der Waals surface area contributed by atoms with Gasteiger partial charge in [0, 0.05) is 17.8 Å². The van der Waals surface area contributed by atoms with E-state index in [0.29, 0.717) is 5.69 Å². The average molecular weight is 308 g/mol. The van der Waals surface area contributed by atoms with Gasteiger partial charge in [-0.15, -0.1) is 11.3 Å². The van der Waals surface area contributed by atoms with Crippen molar-refractivity contribution in [3.8, 4) is 0 Å². The van der Waals surface area contributed by atoms with Crippen molar-refractivity contribution < 1.29 is 14.7 Å². The number of hydrogen-bond acceptors (Lipinski definition) is 5. The summed E-state index contributed by atoms with van der Waals surface area (Å²) in [6.45, 7) is 2.07. The van der Waals surface area contributed by atoms with Crippen LogP contribution in [0, 0.1) is 0 Å². The van der Waals surface area contributed by atoms with E-state index < -0.39 is 11.9 Å². The number of carbonyl (C=O) groups is 2. The van der Waals surface area contributed by atoms with E-state index in [0.717, 1.165) is 32.5 Å². The molecule has 0 atom stereocenters. The number of hydrogen-bond donors (Lipinski definition) is 2. The highest BCUT2D eigenvalue weighted by molar-refractivity contribution is 8.01. The first kappa shape index (κ1) is 14.5. The molecule has 0 fully saturated rings. The molecule has 5 nitrogen and oxygen atoms in total. The fraction of sp³-hybridized carbons (Fsp3) is 0.154. The van der Waals surface area contributed by atoms with E-state index in [1.54, 1.807) is 29.2 Å².